The molecule has 1 aliphatic carbocycles. The summed E-state index contributed by atoms with van der Waals surface area (Å²) in [6.07, 6.45) is 5.72. The number of amides is 2. The van der Waals surface area contributed by atoms with Gasteiger partial charge in [-0.15, -0.1) is 0 Å². The summed E-state index contributed by atoms with van der Waals surface area (Å²) in [6.45, 7) is 1.57. The number of carbonyl (C=O) groups is 2. The number of hydrogen-bond donors (Lipinski definition) is 1. The summed E-state index contributed by atoms with van der Waals surface area (Å²) in [7, 11) is 1.66. The first-order valence-corrected chi connectivity index (χ1v) is 11.4. The summed E-state index contributed by atoms with van der Waals surface area (Å²) >= 11 is 0. The molecule has 1 saturated carbocycles. The van der Waals surface area contributed by atoms with Crippen LogP contribution in [0.5, 0.6) is 0 Å². The van der Waals surface area contributed by atoms with Crippen molar-refractivity contribution in [3.05, 3.63) is 71.3 Å². The number of ether oxygens (including phenoxy) is 1. The number of benzene rings is 2. The number of carbonyl (C=O) groups excluding carboxylic acids is 2. The molecule has 2 aromatic carbocycles. The molecule has 2 amide bonds. The molecule has 31 heavy (non-hydrogen) atoms. The second-order valence-electron chi connectivity index (χ2n) is 8.66. The third kappa shape index (κ3) is 4.24. The Morgan fingerprint density at radius 3 is 2.52 bits per heavy atom. The van der Waals surface area contributed by atoms with E-state index in [9.17, 15) is 9.59 Å². The molecule has 4 rings (SSSR count). The molecule has 1 spiro atoms. The largest absolute Gasteiger partial charge is 0.383 e. The van der Waals surface area contributed by atoms with Gasteiger partial charge in [-0.3, -0.25) is 9.59 Å². The van der Waals surface area contributed by atoms with E-state index in [1.807, 2.05) is 47.4 Å². The molecule has 1 unspecified atom stereocenters. The van der Waals surface area contributed by atoms with Crippen LogP contribution >= 0.6 is 0 Å². The van der Waals surface area contributed by atoms with E-state index in [1.54, 1.807) is 7.11 Å². The lowest BCUT2D eigenvalue weighted by molar-refractivity contribution is -0.127. The Bertz CT molecular complexity index is 906. The number of methoxy groups -OCH3 is 1. The lowest BCUT2D eigenvalue weighted by Crippen LogP contribution is -2.63. The number of rotatable bonds is 7. The van der Waals surface area contributed by atoms with Crippen LogP contribution in [0, 0.1) is 0 Å². The highest BCUT2D eigenvalue weighted by molar-refractivity contribution is 6.02. The number of hydrogen-bond acceptors (Lipinski definition) is 3. The normalized spacial score (nSPS) is 19.8. The van der Waals surface area contributed by atoms with Gasteiger partial charge in [0, 0.05) is 25.8 Å². The summed E-state index contributed by atoms with van der Waals surface area (Å²) in [4.78, 5) is 29.1. The number of nitrogens with one attached hydrogen (secondary N) is 1. The van der Waals surface area contributed by atoms with Crippen LogP contribution in [0.2, 0.25) is 0 Å². The van der Waals surface area contributed by atoms with Crippen LogP contribution in [0.4, 0.5) is 0 Å². The zero-order valence-corrected chi connectivity index (χ0v) is 18.3. The van der Waals surface area contributed by atoms with E-state index < -0.39 is 5.54 Å². The van der Waals surface area contributed by atoms with Crippen molar-refractivity contribution in [1.29, 1.82) is 0 Å². The van der Waals surface area contributed by atoms with Crippen LogP contribution in [0.3, 0.4) is 0 Å². The fraction of sp³-hybridized carbons (Fsp3) is 0.462. The first-order chi connectivity index (χ1) is 15.2. The highest BCUT2D eigenvalue weighted by atomic mass is 16.5. The first kappa shape index (κ1) is 21.6. The Kier molecular flexibility index (Phi) is 6.71. The van der Waals surface area contributed by atoms with Crippen LogP contribution in [-0.4, -0.2) is 49.1 Å². The van der Waals surface area contributed by atoms with Gasteiger partial charge in [0.05, 0.1) is 18.1 Å². The topological polar surface area (TPSA) is 58.6 Å². The maximum absolute atomic E-state index is 13.7. The summed E-state index contributed by atoms with van der Waals surface area (Å²) in [5.74, 6) is -0.294. The highest BCUT2D eigenvalue weighted by Gasteiger charge is 2.54. The molecule has 5 nitrogen and oxygen atoms in total. The Balaban J connectivity index is 1.65. The van der Waals surface area contributed by atoms with Gasteiger partial charge in [0.25, 0.3) is 5.91 Å². The van der Waals surface area contributed by atoms with Crippen molar-refractivity contribution in [3.63, 3.8) is 0 Å². The molecule has 0 bridgehead atoms. The molecule has 5 heteroatoms. The minimum atomic E-state index is -0.473. The van der Waals surface area contributed by atoms with E-state index in [0.717, 1.165) is 44.1 Å². The Hall–Kier alpha value is -2.66. The molecular formula is C26H32N2O3. The van der Waals surface area contributed by atoms with Gasteiger partial charge in [-0.05, 0) is 36.5 Å². The quantitative estimate of drug-likeness (QED) is 0.738. The predicted octanol–water partition coefficient (Wildman–Crippen LogP) is 3.93. The zero-order chi connectivity index (χ0) is 21.7. The van der Waals surface area contributed by atoms with Gasteiger partial charge in [-0.2, -0.15) is 0 Å². The van der Waals surface area contributed by atoms with Crippen LogP contribution < -0.4 is 5.32 Å². The smallest absolute Gasteiger partial charge is 0.254 e. The maximum Gasteiger partial charge on any atom is 0.254 e. The minimum absolute atomic E-state index is 0.0280. The van der Waals surface area contributed by atoms with Crippen LogP contribution in [0.15, 0.2) is 54.6 Å². The fourth-order valence-corrected chi connectivity index (χ4v) is 5.43. The van der Waals surface area contributed by atoms with Crippen molar-refractivity contribution < 1.29 is 14.3 Å². The summed E-state index contributed by atoms with van der Waals surface area (Å²) in [6, 6.07) is 17.9. The van der Waals surface area contributed by atoms with Gasteiger partial charge in [0.15, 0.2) is 0 Å². The molecular weight excluding hydrogens is 388 g/mol. The maximum atomic E-state index is 13.7. The van der Waals surface area contributed by atoms with Gasteiger partial charge in [-0.25, -0.2) is 0 Å². The van der Waals surface area contributed by atoms with E-state index >= 15 is 0 Å². The molecule has 164 valence electrons. The van der Waals surface area contributed by atoms with Crippen LogP contribution in [-0.2, 0) is 16.0 Å². The summed E-state index contributed by atoms with van der Waals surface area (Å²) in [5.41, 5.74) is 2.26. The lowest BCUT2D eigenvalue weighted by Gasteiger charge is -2.53. The molecule has 1 N–H and O–H groups in total. The van der Waals surface area contributed by atoms with Crippen molar-refractivity contribution >= 4 is 11.8 Å². The van der Waals surface area contributed by atoms with Gasteiger partial charge >= 0.3 is 0 Å². The number of fused-ring (bicyclic) bond motifs is 1. The second-order valence-corrected chi connectivity index (χ2v) is 8.66. The van der Waals surface area contributed by atoms with Crippen molar-refractivity contribution in [2.24, 2.45) is 0 Å². The lowest BCUT2D eigenvalue weighted by atomic mass is 9.65. The van der Waals surface area contributed by atoms with E-state index in [1.165, 1.54) is 5.56 Å². The monoisotopic (exact) mass is 420 g/mol. The molecule has 2 aromatic rings. The first-order valence-electron chi connectivity index (χ1n) is 11.4. The van der Waals surface area contributed by atoms with Crippen molar-refractivity contribution in [3.8, 4) is 0 Å². The molecule has 1 heterocycles. The summed E-state index contributed by atoms with van der Waals surface area (Å²) in [5, 5.41) is 3.20. The van der Waals surface area contributed by atoms with E-state index in [0.29, 0.717) is 25.3 Å². The van der Waals surface area contributed by atoms with Crippen molar-refractivity contribution in [1.82, 2.24) is 10.2 Å². The molecule has 1 fully saturated rings. The van der Waals surface area contributed by atoms with Gasteiger partial charge in [0.1, 0.15) is 0 Å². The standard InChI is InChI=1S/C26H32N2O3/c1-31-19-18-28-25(30)22-13-7-6-12-21(22)23(26(28)15-8-3-9-16-26)24(29)27-17-14-20-10-4-2-5-11-20/h2,4-7,10-13,23H,3,8-9,14-19H2,1H3,(H,27,29). The molecule has 0 aromatic heterocycles. The average molecular weight is 421 g/mol. The molecule has 2 aliphatic rings. The molecule has 0 radical (unpaired) electrons. The van der Waals surface area contributed by atoms with Gasteiger partial charge < -0.3 is 15.0 Å². The molecule has 1 aliphatic heterocycles. The fourth-order valence-electron chi connectivity index (χ4n) is 5.43. The van der Waals surface area contributed by atoms with Crippen molar-refractivity contribution in [2.45, 2.75) is 50.0 Å². The Labute approximate surface area is 184 Å². The van der Waals surface area contributed by atoms with Crippen LogP contribution in [0.1, 0.15) is 59.5 Å². The third-order valence-corrected chi connectivity index (χ3v) is 6.88. The van der Waals surface area contributed by atoms with Crippen LogP contribution in [0.25, 0.3) is 0 Å². The highest BCUT2D eigenvalue weighted by Crippen LogP contribution is 2.49. The molecule has 1 atom stereocenters. The summed E-state index contributed by atoms with van der Waals surface area (Å²) < 4.78 is 5.33. The van der Waals surface area contributed by atoms with Gasteiger partial charge in [-0.1, -0.05) is 67.8 Å². The predicted molar refractivity (Wildman–Crippen MR) is 121 cm³/mol. The third-order valence-electron chi connectivity index (χ3n) is 6.88. The average Bonchev–Trinajstić information content (AvgIpc) is 2.80. The van der Waals surface area contributed by atoms with E-state index in [4.69, 9.17) is 4.74 Å². The molecule has 0 saturated heterocycles. The van der Waals surface area contributed by atoms with Gasteiger partial charge in [0.2, 0.25) is 5.91 Å². The Morgan fingerprint density at radius 1 is 1.06 bits per heavy atom. The van der Waals surface area contributed by atoms with Crippen molar-refractivity contribution in [2.75, 3.05) is 26.8 Å². The van der Waals surface area contributed by atoms with E-state index in [-0.39, 0.29) is 17.7 Å². The zero-order valence-electron chi connectivity index (χ0n) is 18.3. The Morgan fingerprint density at radius 2 is 1.77 bits per heavy atom. The second kappa shape index (κ2) is 9.65. The number of nitrogens with zero attached hydrogens (tertiary/aromatic N) is 1. The SMILES string of the molecule is COCCN1C(=O)c2ccccc2C(C(=O)NCCc2ccccc2)C12CCCCC2. The van der Waals surface area contributed by atoms with E-state index in [2.05, 4.69) is 17.4 Å². The minimum Gasteiger partial charge on any atom is -0.383 e.